The molecule has 2 aromatic rings. The zero-order valence-corrected chi connectivity index (χ0v) is 13.9. The van der Waals surface area contributed by atoms with Gasteiger partial charge in [0.1, 0.15) is 0 Å². The minimum Gasteiger partial charge on any atom is -0.304 e. The van der Waals surface area contributed by atoms with Crippen molar-refractivity contribution in [1.82, 2.24) is 10.6 Å². The van der Waals surface area contributed by atoms with Gasteiger partial charge in [-0.2, -0.15) is 0 Å². The second-order valence-corrected chi connectivity index (χ2v) is 6.48. The Bertz CT molecular complexity index is 538. The lowest BCUT2D eigenvalue weighted by atomic mass is 10.0. The van der Waals surface area contributed by atoms with Crippen molar-refractivity contribution in [3.8, 4) is 0 Å². The van der Waals surface area contributed by atoms with Gasteiger partial charge in [-0.15, -0.1) is 0 Å². The molecule has 0 aliphatic carbocycles. The van der Waals surface area contributed by atoms with Crippen LogP contribution in [0.25, 0.3) is 0 Å². The van der Waals surface area contributed by atoms with E-state index in [4.69, 9.17) is 0 Å². The van der Waals surface area contributed by atoms with Crippen LogP contribution >= 0.6 is 0 Å². The van der Waals surface area contributed by atoms with E-state index in [1.807, 2.05) is 0 Å². The third-order valence-electron chi connectivity index (χ3n) is 4.86. The van der Waals surface area contributed by atoms with Crippen LogP contribution < -0.4 is 10.6 Å². The van der Waals surface area contributed by atoms with Crippen LogP contribution in [0.5, 0.6) is 0 Å². The molecule has 2 heterocycles. The van der Waals surface area contributed by atoms with Crippen molar-refractivity contribution < 1.29 is 0 Å². The van der Waals surface area contributed by atoms with Crippen LogP contribution in [0, 0.1) is 0 Å². The molecule has 2 nitrogen and oxygen atoms in total. The van der Waals surface area contributed by atoms with Gasteiger partial charge in [-0.1, -0.05) is 48.5 Å². The number of fused-ring (bicyclic) bond motifs is 2. The van der Waals surface area contributed by atoms with Crippen molar-refractivity contribution in [2.75, 3.05) is 0 Å². The molecule has 2 aromatic carbocycles. The third kappa shape index (κ3) is 2.81. The van der Waals surface area contributed by atoms with Gasteiger partial charge < -0.3 is 10.6 Å². The molecule has 0 fully saturated rings. The Balaban J connectivity index is 0.000000131. The van der Waals surface area contributed by atoms with Crippen LogP contribution in [-0.2, 0) is 0 Å². The molecule has 0 aromatic heterocycles. The molecular weight excluding hydrogens is 268 g/mol. The second-order valence-electron chi connectivity index (χ2n) is 6.48. The van der Waals surface area contributed by atoms with Crippen LogP contribution in [0.4, 0.5) is 0 Å². The average Bonchev–Trinajstić information content (AvgIpc) is 2.99. The number of hydrogen-bond donors (Lipinski definition) is 2. The topological polar surface area (TPSA) is 24.1 Å². The second kappa shape index (κ2) is 6.23. The maximum atomic E-state index is 3.48. The van der Waals surface area contributed by atoms with Crippen LogP contribution in [0.3, 0.4) is 0 Å². The monoisotopic (exact) mass is 294 g/mol. The Hall–Kier alpha value is -1.64. The first kappa shape index (κ1) is 15.3. The predicted octanol–water partition coefficient (Wildman–Crippen LogP) is 4.82. The number of rotatable bonds is 0. The lowest BCUT2D eigenvalue weighted by molar-refractivity contribution is 0.553. The van der Waals surface area contributed by atoms with Gasteiger partial charge in [0.25, 0.3) is 0 Å². The number of benzene rings is 2. The van der Waals surface area contributed by atoms with Crippen molar-refractivity contribution in [3.05, 3.63) is 70.8 Å². The fourth-order valence-electron chi connectivity index (χ4n) is 3.71. The molecule has 0 radical (unpaired) electrons. The van der Waals surface area contributed by atoms with E-state index >= 15 is 0 Å². The zero-order chi connectivity index (χ0) is 15.7. The zero-order valence-electron chi connectivity index (χ0n) is 13.9. The molecule has 22 heavy (non-hydrogen) atoms. The van der Waals surface area contributed by atoms with E-state index in [0.717, 1.165) is 0 Å². The largest absolute Gasteiger partial charge is 0.304 e. The summed E-state index contributed by atoms with van der Waals surface area (Å²) in [6.45, 7) is 8.84. The fraction of sp³-hybridized carbons (Fsp3) is 0.400. The van der Waals surface area contributed by atoms with E-state index in [0.29, 0.717) is 24.2 Å². The van der Waals surface area contributed by atoms with E-state index in [-0.39, 0.29) is 0 Å². The third-order valence-corrected chi connectivity index (χ3v) is 4.86. The summed E-state index contributed by atoms with van der Waals surface area (Å²) in [7, 11) is 0. The Morgan fingerprint density at radius 1 is 0.500 bits per heavy atom. The standard InChI is InChI=1S/2C10H13N/c2*1-7-9-5-3-4-6-10(9)8(2)11-7/h2*3-8,11H,1-2H3. The van der Waals surface area contributed by atoms with Crippen LogP contribution in [0.15, 0.2) is 48.5 Å². The molecule has 0 saturated heterocycles. The van der Waals surface area contributed by atoms with Gasteiger partial charge in [-0.05, 0) is 49.9 Å². The van der Waals surface area contributed by atoms with Crippen LogP contribution in [0.1, 0.15) is 74.1 Å². The highest BCUT2D eigenvalue weighted by molar-refractivity contribution is 5.36. The molecule has 0 saturated carbocycles. The molecule has 2 N–H and O–H groups in total. The van der Waals surface area contributed by atoms with Gasteiger partial charge in [0, 0.05) is 24.2 Å². The minimum absolute atomic E-state index is 0.529. The molecule has 0 amide bonds. The summed E-state index contributed by atoms with van der Waals surface area (Å²) in [6, 6.07) is 19.4. The molecule has 2 aliphatic rings. The van der Waals surface area contributed by atoms with E-state index in [1.54, 1.807) is 0 Å². The Morgan fingerprint density at radius 3 is 0.955 bits per heavy atom. The normalized spacial score (nSPS) is 28.5. The van der Waals surface area contributed by atoms with Gasteiger partial charge in [0.15, 0.2) is 0 Å². The quantitative estimate of drug-likeness (QED) is 0.727. The first-order chi connectivity index (χ1) is 10.6. The van der Waals surface area contributed by atoms with Crippen LogP contribution in [-0.4, -0.2) is 0 Å². The summed E-state index contributed by atoms with van der Waals surface area (Å²) >= 11 is 0. The first-order valence-corrected chi connectivity index (χ1v) is 8.27. The maximum Gasteiger partial charge on any atom is 0.0300 e. The molecule has 2 heteroatoms. The molecule has 4 atom stereocenters. The highest BCUT2D eigenvalue weighted by Crippen LogP contribution is 2.32. The van der Waals surface area contributed by atoms with E-state index < -0.39 is 0 Å². The first-order valence-electron chi connectivity index (χ1n) is 8.27. The van der Waals surface area contributed by atoms with Crippen molar-refractivity contribution >= 4 is 0 Å². The van der Waals surface area contributed by atoms with Gasteiger partial charge in [-0.3, -0.25) is 0 Å². The smallest absolute Gasteiger partial charge is 0.0300 e. The van der Waals surface area contributed by atoms with E-state index in [1.165, 1.54) is 22.3 Å². The number of hydrogen-bond acceptors (Lipinski definition) is 2. The van der Waals surface area contributed by atoms with Crippen LogP contribution in [0.2, 0.25) is 0 Å². The lowest BCUT2D eigenvalue weighted by Gasteiger charge is -2.04. The molecule has 116 valence electrons. The lowest BCUT2D eigenvalue weighted by Crippen LogP contribution is -2.11. The summed E-state index contributed by atoms with van der Waals surface area (Å²) < 4.78 is 0. The van der Waals surface area contributed by atoms with Gasteiger partial charge in [0.05, 0.1) is 0 Å². The Labute approximate surface area is 134 Å². The summed E-state index contributed by atoms with van der Waals surface area (Å²) in [6.07, 6.45) is 0. The molecule has 4 unspecified atom stereocenters. The van der Waals surface area contributed by atoms with Crippen molar-refractivity contribution in [2.45, 2.75) is 51.9 Å². The van der Waals surface area contributed by atoms with Gasteiger partial charge in [0.2, 0.25) is 0 Å². The highest BCUT2D eigenvalue weighted by atomic mass is 15.0. The van der Waals surface area contributed by atoms with E-state index in [2.05, 4.69) is 86.9 Å². The highest BCUT2D eigenvalue weighted by Gasteiger charge is 2.23. The maximum absolute atomic E-state index is 3.48. The average molecular weight is 294 g/mol. The van der Waals surface area contributed by atoms with E-state index in [9.17, 15) is 0 Å². The van der Waals surface area contributed by atoms with Gasteiger partial charge >= 0.3 is 0 Å². The van der Waals surface area contributed by atoms with Crippen molar-refractivity contribution in [2.24, 2.45) is 0 Å². The number of nitrogens with one attached hydrogen (secondary N) is 2. The van der Waals surface area contributed by atoms with Crippen molar-refractivity contribution in [3.63, 3.8) is 0 Å². The summed E-state index contributed by atoms with van der Waals surface area (Å²) in [4.78, 5) is 0. The van der Waals surface area contributed by atoms with Gasteiger partial charge in [-0.25, -0.2) is 0 Å². The fourth-order valence-corrected chi connectivity index (χ4v) is 3.71. The SMILES string of the molecule is CC1NC(C)c2ccccc21.CC1NC(C)c2ccccc21. The summed E-state index contributed by atoms with van der Waals surface area (Å²) in [5.74, 6) is 0. The molecular formula is C20H26N2. The molecule has 2 aliphatic heterocycles. The molecule has 4 rings (SSSR count). The summed E-state index contributed by atoms with van der Waals surface area (Å²) in [5.41, 5.74) is 5.83. The predicted molar refractivity (Wildman–Crippen MR) is 92.8 cm³/mol. The molecule has 0 spiro atoms. The Kier molecular flexibility index (Phi) is 4.32. The molecule has 0 bridgehead atoms. The minimum atomic E-state index is 0.529. The van der Waals surface area contributed by atoms with Crippen molar-refractivity contribution in [1.29, 1.82) is 0 Å². The summed E-state index contributed by atoms with van der Waals surface area (Å²) in [5, 5.41) is 6.96. The Morgan fingerprint density at radius 2 is 0.727 bits per heavy atom.